The number of benzene rings is 2. The topological polar surface area (TPSA) is 135 Å². The number of hydrogen-bond acceptors (Lipinski definition) is 8. The molecule has 0 saturated heterocycles. The van der Waals surface area contributed by atoms with Crippen LogP contribution in [-0.4, -0.2) is 36.3 Å². The number of hydrogen-bond donors (Lipinski definition) is 2. The number of amides is 2. The molecule has 0 bridgehead atoms. The van der Waals surface area contributed by atoms with Crippen molar-refractivity contribution in [3.05, 3.63) is 98.7 Å². The third-order valence-corrected chi connectivity index (χ3v) is 5.58. The van der Waals surface area contributed by atoms with Gasteiger partial charge in [0.25, 0.3) is 0 Å². The molecule has 6 rings (SSSR count). The van der Waals surface area contributed by atoms with Gasteiger partial charge in [-0.15, -0.1) is 5.10 Å². The smallest absolute Gasteiger partial charge is 0.305 e. The highest BCUT2D eigenvalue weighted by molar-refractivity contribution is 5.77. The van der Waals surface area contributed by atoms with E-state index < -0.39 is 6.03 Å². The predicted octanol–water partition coefficient (Wildman–Crippen LogP) is -0.519. The Balaban J connectivity index is 1.42. The van der Waals surface area contributed by atoms with E-state index >= 15 is 0 Å². The van der Waals surface area contributed by atoms with Crippen LogP contribution in [0.3, 0.4) is 0 Å². The van der Waals surface area contributed by atoms with Crippen LogP contribution >= 0.6 is 0 Å². The van der Waals surface area contributed by atoms with Gasteiger partial charge in [0.15, 0.2) is 0 Å². The Labute approximate surface area is 191 Å². The lowest BCUT2D eigenvalue weighted by atomic mass is 10.1. The van der Waals surface area contributed by atoms with Crippen LogP contribution in [0.15, 0.2) is 76.1 Å². The van der Waals surface area contributed by atoms with Crippen molar-refractivity contribution in [2.24, 2.45) is 9.98 Å². The maximum Gasteiger partial charge on any atom is 0.368 e. The molecule has 0 aliphatic carbocycles. The van der Waals surface area contributed by atoms with Crippen molar-refractivity contribution in [3.8, 4) is 11.8 Å². The summed E-state index contributed by atoms with van der Waals surface area (Å²) in [5.74, 6) is 0. The number of urea groups is 1. The Kier molecular flexibility index (Phi) is 4.33. The van der Waals surface area contributed by atoms with Crippen LogP contribution in [0.4, 0.5) is 4.79 Å². The number of nitrogens with zero attached hydrogens (tertiary/aromatic N) is 8. The monoisotopic (exact) mass is 449 g/mol. The number of aromatic nitrogens is 3. The molecular weight excluding hydrogens is 434 g/mol. The average molecular weight is 449 g/mol. The summed E-state index contributed by atoms with van der Waals surface area (Å²) < 4.78 is 1.62. The number of carbonyl (C=O) groups excluding carboxylic acids is 1. The van der Waals surface area contributed by atoms with E-state index in [1.165, 1.54) is 6.20 Å². The third-order valence-electron chi connectivity index (χ3n) is 5.58. The van der Waals surface area contributed by atoms with E-state index in [0.29, 0.717) is 44.9 Å². The van der Waals surface area contributed by atoms with Crippen LogP contribution in [0, 0.1) is 11.3 Å². The van der Waals surface area contributed by atoms with Crippen LogP contribution in [0.1, 0.15) is 11.1 Å². The molecule has 0 spiro atoms. The van der Waals surface area contributed by atoms with Gasteiger partial charge in [0.2, 0.25) is 0 Å². The zero-order chi connectivity index (χ0) is 23.2. The highest BCUT2D eigenvalue weighted by Crippen LogP contribution is 2.22. The first-order chi connectivity index (χ1) is 16.6. The first-order valence-corrected chi connectivity index (χ1v) is 10.3. The molecule has 3 aromatic rings. The van der Waals surface area contributed by atoms with Gasteiger partial charge < -0.3 is 5.43 Å². The van der Waals surface area contributed by atoms with Gasteiger partial charge in [-0.25, -0.2) is 14.5 Å². The van der Waals surface area contributed by atoms with Crippen molar-refractivity contribution in [2.75, 3.05) is 0 Å². The zero-order valence-electron chi connectivity index (χ0n) is 17.5. The second-order valence-electron chi connectivity index (χ2n) is 7.70. The summed E-state index contributed by atoms with van der Waals surface area (Å²) in [6.07, 6.45) is 6.91. The summed E-state index contributed by atoms with van der Waals surface area (Å²) in [7, 11) is 0. The van der Waals surface area contributed by atoms with Crippen molar-refractivity contribution in [1.82, 2.24) is 30.5 Å². The molecule has 3 aliphatic rings. The van der Waals surface area contributed by atoms with Gasteiger partial charge in [-0.1, -0.05) is 17.3 Å². The van der Waals surface area contributed by atoms with Gasteiger partial charge >= 0.3 is 6.03 Å². The predicted molar refractivity (Wildman–Crippen MR) is 117 cm³/mol. The van der Waals surface area contributed by atoms with Crippen LogP contribution < -0.4 is 26.8 Å². The van der Waals surface area contributed by atoms with Crippen LogP contribution in [0.25, 0.3) is 18.0 Å². The third kappa shape index (κ3) is 3.22. The van der Waals surface area contributed by atoms with Gasteiger partial charge in [-0.05, 0) is 48.0 Å². The molecule has 11 nitrogen and oxygen atoms in total. The second-order valence-corrected chi connectivity index (χ2v) is 7.70. The minimum Gasteiger partial charge on any atom is -0.305 e. The SMILES string of the molecule is N#Cc1ccc(CN2NC=C/C2=C2\C=c3c(nnn3-c3ccc4c(c3)=NC(=O)N=4)=CN2O)cc1. The molecule has 0 saturated carbocycles. The normalized spacial score (nSPS) is 17.7. The Morgan fingerprint density at radius 3 is 2.71 bits per heavy atom. The Morgan fingerprint density at radius 1 is 1.06 bits per heavy atom. The minimum absolute atomic E-state index is 0.477. The maximum atomic E-state index is 11.5. The number of allylic oxidation sites excluding steroid dienone is 2. The van der Waals surface area contributed by atoms with Crippen molar-refractivity contribution < 1.29 is 10.0 Å². The van der Waals surface area contributed by atoms with E-state index in [2.05, 4.69) is 31.8 Å². The minimum atomic E-state index is -0.529. The number of fused-ring (bicyclic) bond motifs is 2. The highest BCUT2D eigenvalue weighted by Gasteiger charge is 2.22. The number of carbonyl (C=O) groups is 1. The molecule has 164 valence electrons. The molecule has 0 unspecified atom stereocenters. The van der Waals surface area contributed by atoms with E-state index in [1.807, 2.05) is 23.2 Å². The van der Waals surface area contributed by atoms with E-state index in [0.717, 1.165) is 16.3 Å². The number of rotatable bonds is 3. The van der Waals surface area contributed by atoms with E-state index in [1.54, 1.807) is 47.3 Å². The lowest BCUT2D eigenvalue weighted by molar-refractivity contribution is 0.0188. The quantitative estimate of drug-likeness (QED) is 0.546. The summed E-state index contributed by atoms with van der Waals surface area (Å²) in [4.78, 5) is 19.2. The fraction of sp³-hybridized carbons (Fsp3) is 0.0435. The van der Waals surface area contributed by atoms with Crippen molar-refractivity contribution >= 4 is 18.3 Å². The molecule has 11 heteroatoms. The second kappa shape index (κ2) is 7.51. The van der Waals surface area contributed by atoms with Gasteiger partial charge in [0.1, 0.15) is 5.35 Å². The van der Waals surface area contributed by atoms with Crippen molar-refractivity contribution in [1.29, 1.82) is 5.26 Å². The van der Waals surface area contributed by atoms with Gasteiger partial charge in [-0.2, -0.15) is 15.2 Å². The number of nitriles is 1. The summed E-state index contributed by atoms with van der Waals surface area (Å²) in [6, 6.07) is 14.1. The summed E-state index contributed by atoms with van der Waals surface area (Å²) in [5.41, 5.74) is 6.66. The number of nitrogens with one attached hydrogen (secondary N) is 1. The zero-order valence-corrected chi connectivity index (χ0v) is 17.5. The van der Waals surface area contributed by atoms with Crippen molar-refractivity contribution in [2.45, 2.75) is 6.54 Å². The molecule has 3 aliphatic heterocycles. The van der Waals surface area contributed by atoms with Crippen LogP contribution in [0.2, 0.25) is 0 Å². The molecule has 4 heterocycles. The number of hydroxylamine groups is 2. The Bertz CT molecular complexity index is 1710. The fourth-order valence-electron chi connectivity index (χ4n) is 3.94. The molecule has 0 fully saturated rings. The molecule has 0 radical (unpaired) electrons. The standard InChI is InChI=1S/C23H15N9O2/c24-11-14-1-3-15(4-2-14)12-30-20(7-8-25-30)22-10-21-19(13-31(22)34)28-29-32(21)16-5-6-17-18(9-16)27-23(33)26-17/h1-10,13,25,34H,12H2/b22-20-. The van der Waals surface area contributed by atoms with Crippen molar-refractivity contribution in [3.63, 3.8) is 0 Å². The van der Waals surface area contributed by atoms with E-state index in [-0.39, 0.29) is 0 Å². The lowest BCUT2D eigenvalue weighted by Crippen LogP contribution is -2.38. The van der Waals surface area contributed by atoms with E-state index in [9.17, 15) is 10.0 Å². The molecule has 2 aromatic carbocycles. The van der Waals surface area contributed by atoms with Gasteiger partial charge in [0, 0.05) is 6.20 Å². The maximum absolute atomic E-state index is 11.5. The molecule has 34 heavy (non-hydrogen) atoms. The van der Waals surface area contributed by atoms with Crippen LogP contribution in [0.5, 0.6) is 0 Å². The summed E-state index contributed by atoms with van der Waals surface area (Å²) in [6.45, 7) is 0.507. The highest BCUT2D eigenvalue weighted by atomic mass is 16.5. The first-order valence-electron chi connectivity index (χ1n) is 10.3. The number of hydrazine groups is 1. The molecule has 2 amide bonds. The van der Waals surface area contributed by atoms with Crippen LogP contribution in [-0.2, 0) is 6.54 Å². The summed E-state index contributed by atoms with van der Waals surface area (Å²) >= 11 is 0. The molecule has 0 atom stereocenters. The fourth-order valence-corrected chi connectivity index (χ4v) is 3.94. The average Bonchev–Trinajstić information content (AvgIpc) is 3.56. The van der Waals surface area contributed by atoms with Gasteiger partial charge in [0.05, 0.1) is 57.5 Å². The Morgan fingerprint density at radius 2 is 1.88 bits per heavy atom. The first kappa shape index (κ1) is 19.6. The molecule has 1 aromatic heterocycles. The lowest BCUT2D eigenvalue weighted by Gasteiger charge is -2.25. The molecule has 2 N–H and O–H groups in total. The summed E-state index contributed by atoms with van der Waals surface area (Å²) in [5, 5.41) is 33.1. The van der Waals surface area contributed by atoms with Gasteiger partial charge in [-0.3, -0.25) is 10.2 Å². The molecular formula is C23H15N9O2. The largest absolute Gasteiger partial charge is 0.368 e. The Hall–Kier alpha value is -5.08. The van der Waals surface area contributed by atoms with E-state index in [4.69, 9.17) is 5.26 Å².